The topological polar surface area (TPSA) is 96.0 Å². The van der Waals surface area contributed by atoms with Crippen LogP contribution in [0.4, 0.5) is 5.69 Å². The van der Waals surface area contributed by atoms with Gasteiger partial charge in [0.05, 0.1) is 18.6 Å². The van der Waals surface area contributed by atoms with Crippen LogP contribution >= 0.6 is 0 Å². The molecule has 0 saturated carbocycles. The first kappa shape index (κ1) is 30.2. The summed E-state index contributed by atoms with van der Waals surface area (Å²) < 4.78 is 32.2. The second kappa shape index (κ2) is 12.9. The Labute approximate surface area is 222 Å². The van der Waals surface area contributed by atoms with E-state index in [0.29, 0.717) is 18.0 Å². The van der Waals surface area contributed by atoms with Gasteiger partial charge in [0.2, 0.25) is 21.8 Å². The highest BCUT2D eigenvalue weighted by molar-refractivity contribution is 7.92. The molecule has 0 aliphatic heterocycles. The molecule has 2 amide bonds. The number of carbonyl (C=O) groups excluding carboxylic acids is 2. The molecule has 0 fully saturated rings. The zero-order valence-electron chi connectivity index (χ0n) is 23.1. The van der Waals surface area contributed by atoms with Crippen molar-refractivity contribution in [2.75, 3.05) is 23.7 Å². The first-order valence-electron chi connectivity index (χ1n) is 12.6. The van der Waals surface area contributed by atoms with Crippen LogP contribution in [0.15, 0.2) is 48.5 Å². The number of hydrogen-bond donors (Lipinski definition) is 1. The normalized spacial score (nSPS) is 12.5. The highest BCUT2D eigenvalue weighted by Gasteiger charge is 2.29. The van der Waals surface area contributed by atoms with Crippen molar-refractivity contribution in [3.8, 4) is 5.75 Å². The summed E-state index contributed by atoms with van der Waals surface area (Å²) in [5.41, 5.74) is 1.98. The third-order valence-electron chi connectivity index (χ3n) is 5.85. The van der Waals surface area contributed by atoms with Gasteiger partial charge in [-0.2, -0.15) is 0 Å². The van der Waals surface area contributed by atoms with Gasteiger partial charge < -0.3 is 15.0 Å². The van der Waals surface area contributed by atoms with E-state index in [4.69, 9.17) is 4.74 Å². The van der Waals surface area contributed by atoms with E-state index in [2.05, 4.69) is 5.32 Å². The number of para-hydroxylation sites is 2. The molecule has 0 aromatic heterocycles. The molecule has 8 nitrogen and oxygen atoms in total. The largest absolute Gasteiger partial charge is 0.492 e. The molecule has 0 bridgehead atoms. The van der Waals surface area contributed by atoms with Crippen molar-refractivity contribution in [1.82, 2.24) is 10.2 Å². The maximum Gasteiger partial charge on any atom is 0.242 e. The van der Waals surface area contributed by atoms with Gasteiger partial charge in [-0.1, -0.05) is 36.4 Å². The van der Waals surface area contributed by atoms with Gasteiger partial charge in [0.15, 0.2) is 0 Å². The molecule has 37 heavy (non-hydrogen) atoms. The minimum atomic E-state index is -3.62. The van der Waals surface area contributed by atoms with Gasteiger partial charge in [0.25, 0.3) is 0 Å². The molecule has 0 aliphatic carbocycles. The molecule has 204 valence electrons. The van der Waals surface area contributed by atoms with Crippen LogP contribution in [0.25, 0.3) is 0 Å². The summed E-state index contributed by atoms with van der Waals surface area (Å²) in [6.45, 7) is 12.0. The number of rotatable bonds is 12. The van der Waals surface area contributed by atoms with Crippen LogP contribution in [-0.2, 0) is 26.2 Å². The molecule has 0 heterocycles. The summed E-state index contributed by atoms with van der Waals surface area (Å²) in [6, 6.07) is 14.0. The Bertz CT molecular complexity index is 1170. The second-order valence-corrected chi connectivity index (χ2v) is 12.1. The second-order valence-electron chi connectivity index (χ2n) is 10.2. The lowest BCUT2D eigenvalue weighted by molar-refractivity contribution is -0.141. The van der Waals surface area contributed by atoms with Gasteiger partial charge in [-0.25, -0.2) is 8.42 Å². The predicted octanol–water partition coefficient (Wildman–Crippen LogP) is 4.27. The van der Waals surface area contributed by atoms with Crippen molar-refractivity contribution in [3.05, 3.63) is 59.7 Å². The number of nitrogens with one attached hydrogen (secondary N) is 1. The average Bonchev–Trinajstić information content (AvgIpc) is 2.79. The SMILES string of the molecule is CCOc1ccccc1N(CCCC(=O)N(Cc1ccccc1C)[C@H](C)C(=O)NC(C)(C)C)S(C)(=O)=O. The van der Waals surface area contributed by atoms with Crippen LogP contribution < -0.4 is 14.4 Å². The van der Waals surface area contributed by atoms with E-state index in [1.165, 1.54) is 4.31 Å². The van der Waals surface area contributed by atoms with Crippen molar-refractivity contribution < 1.29 is 22.7 Å². The first-order valence-corrected chi connectivity index (χ1v) is 14.4. The molecule has 0 unspecified atom stereocenters. The Kier molecular flexibility index (Phi) is 10.5. The zero-order chi connectivity index (χ0) is 27.8. The molecule has 0 spiro atoms. The first-order chi connectivity index (χ1) is 17.2. The molecule has 1 N–H and O–H groups in total. The highest BCUT2D eigenvalue weighted by atomic mass is 32.2. The van der Waals surface area contributed by atoms with E-state index in [0.717, 1.165) is 17.4 Å². The number of anilines is 1. The van der Waals surface area contributed by atoms with Crippen LogP contribution in [0.2, 0.25) is 0 Å². The maximum atomic E-state index is 13.5. The third-order valence-corrected chi connectivity index (χ3v) is 7.03. The Morgan fingerprint density at radius 1 is 1.05 bits per heavy atom. The van der Waals surface area contributed by atoms with Gasteiger partial charge >= 0.3 is 0 Å². The molecule has 2 aromatic rings. The number of hydrogen-bond acceptors (Lipinski definition) is 5. The lowest BCUT2D eigenvalue weighted by Crippen LogP contribution is -2.52. The fraction of sp³-hybridized carbons (Fsp3) is 0.500. The predicted molar refractivity (Wildman–Crippen MR) is 148 cm³/mol. The van der Waals surface area contributed by atoms with E-state index in [1.807, 2.05) is 58.9 Å². The Morgan fingerprint density at radius 2 is 1.68 bits per heavy atom. The standard InChI is InChI=1S/C28H41N3O5S/c1-8-36-25-17-12-11-16-24(25)31(37(7,34)35)19-13-18-26(32)30(20-23-15-10-9-14-21(23)2)22(3)27(33)29-28(4,5)6/h9-12,14-17,22H,8,13,18-20H2,1-7H3,(H,29,33)/t22-/m1/s1. The summed E-state index contributed by atoms with van der Waals surface area (Å²) in [5, 5.41) is 2.95. The molecular weight excluding hydrogens is 490 g/mol. The summed E-state index contributed by atoms with van der Waals surface area (Å²) >= 11 is 0. The Morgan fingerprint density at radius 3 is 2.27 bits per heavy atom. The maximum absolute atomic E-state index is 13.5. The monoisotopic (exact) mass is 531 g/mol. The number of aryl methyl sites for hydroxylation is 1. The number of nitrogens with zero attached hydrogens (tertiary/aromatic N) is 2. The minimum Gasteiger partial charge on any atom is -0.492 e. The summed E-state index contributed by atoms with van der Waals surface area (Å²) in [7, 11) is -3.62. The van der Waals surface area contributed by atoms with Gasteiger partial charge in [0.1, 0.15) is 11.8 Å². The van der Waals surface area contributed by atoms with E-state index in [9.17, 15) is 18.0 Å². The van der Waals surface area contributed by atoms with Crippen molar-refractivity contribution in [3.63, 3.8) is 0 Å². The van der Waals surface area contributed by atoms with Gasteiger partial charge in [0, 0.05) is 25.0 Å². The molecule has 9 heteroatoms. The number of ether oxygens (including phenoxy) is 1. The van der Waals surface area contributed by atoms with E-state index in [-0.39, 0.29) is 37.7 Å². The van der Waals surface area contributed by atoms with Crippen LogP contribution in [0.3, 0.4) is 0 Å². The quantitative estimate of drug-likeness (QED) is 0.441. The number of sulfonamides is 1. The molecule has 0 saturated heterocycles. The lowest BCUT2D eigenvalue weighted by Gasteiger charge is -2.32. The number of amides is 2. The Balaban J connectivity index is 2.24. The van der Waals surface area contributed by atoms with Gasteiger partial charge in [-0.15, -0.1) is 0 Å². The third kappa shape index (κ3) is 9.07. The molecule has 2 rings (SSSR count). The smallest absolute Gasteiger partial charge is 0.242 e. The van der Waals surface area contributed by atoms with Gasteiger partial charge in [-0.05, 0) is 71.2 Å². The average molecular weight is 532 g/mol. The highest BCUT2D eigenvalue weighted by Crippen LogP contribution is 2.30. The molecule has 1 atom stereocenters. The fourth-order valence-corrected chi connectivity index (χ4v) is 4.92. The number of carbonyl (C=O) groups is 2. The van der Waals surface area contributed by atoms with Gasteiger partial charge in [-0.3, -0.25) is 13.9 Å². The number of benzene rings is 2. The van der Waals surface area contributed by atoms with E-state index in [1.54, 1.807) is 36.1 Å². The summed E-state index contributed by atoms with van der Waals surface area (Å²) in [6.07, 6.45) is 1.51. The minimum absolute atomic E-state index is 0.0852. The lowest BCUT2D eigenvalue weighted by atomic mass is 10.1. The van der Waals surface area contributed by atoms with Crippen molar-refractivity contribution in [1.29, 1.82) is 0 Å². The van der Waals surface area contributed by atoms with Crippen LogP contribution in [0, 0.1) is 6.92 Å². The van der Waals surface area contributed by atoms with Crippen LogP contribution in [-0.4, -0.2) is 56.1 Å². The Hall–Kier alpha value is -3.07. The molecule has 2 aromatic carbocycles. The molecule has 0 aliphatic rings. The van der Waals surface area contributed by atoms with Crippen LogP contribution in [0.5, 0.6) is 5.75 Å². The summed E-state index contributed by atoms with van der Waals surface area (Å²) in [5.74, 6) is 0.0135. The van der Waals surface area contributed by atoms with Crippen molar-refractivity contribution in [2.24, 2.45) is 0 Å². The van der Waals surface area contributed by atoms with E-state index < -0.39 is 21.6 Å². The zero-order valence-corrected chi connectivity index (χ0v) is 23.9. The van der Waals surface area contributed by atoms with Crippen LogP contribution in [0.1, 0.15) is 58.6 Å². The van der Waals surface area contributed by atoms with E-state index >= 15 is 0 Å². The summed E-state index contributed by atoms with van der Waals surface area (Å²) in [4.78, 5) is 28.0. The van der Waals surface area contributed by atoms with Crippen molar-refractivity contribution in [2.45, 2.75) is 72.5 Å². The molecular formula is C28H41N3O5S. The van der Waals surface area contributed by atoms with Crippen molar-refractivity contribution >= 4 is 27.5 Å². The fourth-order valence-electron chi connectivity index (χ4n) is 3.95. The molecule has 0 radical (unpaired) electrons.